The largest absolute Gasteiger partial charge is 0.392 e. The van der Waals surface area contributed by atoms with E-state index in [0.717, 1.165) is 25.8 Å². The van der Waals surface area contributed by atoms with Crippen molar-refractivity contribution in [2.24, 2.45) is 5.92 Å². The molecule has 0 aromatic carbocycles. The zero-order chi connectivity index (χ0) is 11.6. The van der Waals surface area contributed by atoms with Crippen molar-refractivity contribution in [3.8, 4) is 0 Å². The fraction of sp³-hybridized carbons (Fsp3) is 0.917. The minimum absolute atomic E-state index is 0.0544. The van der Waals surface area contributed by atoms with Crippen LogP contribution in [0.3, 0.4) is 0 Å². The summed E-state index contributed by atoms with van der Waals surface area (Å²) >= 11 is 1.95. The second-order valence-corrected chi connectivity index (χ2v) is 6.91. The smallest absolute Gasteiger partial charge is 0.225 e. The Balaban J connectivity index is 1.79. The van der Waals surface area contributed by atoms with Crippen molar-refractivity contribution in [2.75, 3.05) is 12.3 Å². The maximum Gasteiger partial charge on any atom is 0.225 e. The van der Waals surface area contributed by atoms with Gasteiger partial charge in [-0.3, -0.25) is 4.79 Å². The predicted molar refractivity (Wildman–Crippen MR) is 66.5 cm³/mol. The summed E-state index contributed by atoms with van der Waals surface area (Å²) in [7, 11) is 0. The number of carbonyl (C=O) groups excluding carboxylic acids is 1. The van der Waals surface area contributed by atoms with Crippen LogP contribution in [0.5, 0.6) is 0 Å². The monoisotopic (exact) mass is 243 g/mol. The molecule has 16 heavy (non-hydrogen) atoms. The van der Waals surface area contributed by atoms with E-state index in [2.05, 4.69) is 12.2 Å². The van der Waals surface area contributed by atoms with Gasteiger partial charge in [0.2, 0.25) is 5.91 Å². The van der Waals surface area contributed by atoms with Crippen molar-refractivity contribution < 1.29 is 9.90 Å². The predicted octanol–water partition coefficient (Wildman–Crippen LogP) is 1.55. The molecule has 1 aliphatic carbocycles. The molecule has 2 N–H and O–H groups in total. The summed E-state index contributed by atoms with van der Waals surface area (Å²) in [6.07, 6.45) is 4.63. The van der Waals surface area contributed by atoms with E-state index in [1.807, 2.05) is 11.8 Å². The van der Waals surface area contributed by atoms with Crippen LogP contribution in [0.1, 0.15) is 39.0 Å². The van der Waals surface area contributed by atoms with Crippen LogP contribution >= 0.6 is 11.8 Å². The van der Waals surface area contributed by atoms with Crippen LogP contribution in [0.2, 0.25) is 0 Å². The van der Waals surface area contributed by atoms with E-state index in [-0.39, 0.29) is 16.6 Å². The van der Waals surface area contributed by atoms with Gasteiger partial charge in [0.05, 0.1) is 12.0 Å². The van der Waals surface area contributed by atoms with Gasteiger partial charge in [0.15, 0.2) is 0 Å². The number of nitrogens with one attached hydrogen (secondary N) is 1. The number of hydrogen-bond acceptors (Lipinski definition) is 3. The van der Waals surface area contributed by atoms with E-state index in [1.54, 1.807) is 0 Å². The number of aliphatic hydroxyl groups is 1. The molecule has 1 heterocycles. The molecule has 1 aliphatic heterocycles. The zero-order valence-corrected chi connectivity index (χ0v) is 10.7. The Kier molecular flexibility index (Phi) is 3.80. The third kappa shape index (κ3) is 2.72. The van der Waals surface area contributed by atoms with Gasteiger partial charge in [0, 0.05) is 11.3 Å². The molecule has 2 rings (SSSR count). The third-order valence-corrected chi connectivity index (χ3v) is 5.29. The molecule has 1 saturated carbocycles. The van der Waals surface area contributed by atoms with Gasteiger partial charge in [-0.25, -0.2) is 0 Å². The van der Waals surface area contributed by atoms with Gasteiger partial charge in [-0.15, -0.1) is 0 Å². The fourth-order valence-corrected chi connectivity index (χ4v) is 3.87. The molecule has 3 unspecified atom stereocenters. The number of aliphatic hydroxyl groups excluding tert-OH is 1. The molecule has 0 aromatic rings. The Bertz CT molecular complexity index is 264. The summed E-state index contributed by atoms with van der Waals surface area (Å²) in [5.41, 5.74) is 0. The summed E-state index contributed by atoms with van der Waals surface area (Å²) in [5, 5.41) is 12.7. The zero-order valence-electron chi connectivity index (χ0n) is 9.87. The van der Waals surface area contributed by atoms with Gasteiger partial charge in [-0.2, -0.15) is 11.8 Å². The molecule has 0 radical (unpaired) electrons. The van der Waals surface area contributed by atoms with Gasteiger partial charge in [-0.1, -0.05) is 0 Å². The van der Waals surface area contributed by atoms with Gasteiger partial charge < -0.3 is 10.4 Å². The summed E-state index contributed by atoms with van der Waals surface area (Å²) in [4.78, 5) is 11.9. The Labute approximate surface area is 101 Å². The normalized spacial score (nSPS) is 38.9. The van der Waals surface area contributed by atoms with Crippen molar-refractivity contribution in [3.63, 3.8) is 0 Å². The molecule has 2 fully saturated rings. The first kappa shape index (κ1) is 12.2. The summed E-state index contributed by atoms with van der Waals surface area (Å²) in [6, 6.07) is 0. The van der Waals surface area contributed by atoms with Gasteiger partial charge >= 0.3 is 0 Å². The van der Waals surface area contributed by atoms with E-state index < -0.39 is 6.10 Å². The van der Waals surface area contributed by atoms with Crippen LogP contribution in [-0.2, 0) is 4.79 Å². The minimum atomic E-state index is -0.413. The summed E-state index contributed by atoms with van der Waals surface area (Å²) in [5.74, 6) is 1.10. The molecule has 4 heteroatoms. The van der Waals surface area contributed by atoms with Crippen molar-refractivity contribution in [3.05, 3.63) is 0 Å². The lowest BCUT2D eigenvalue weighted by Gasteiger charge is -2.24. The molecule has 0 bridgehead atoms. The molecule has 92 valence electrons. The summed E-state index contributed by atoms with van der Waals surface area (Å²) < 4.78 is 0.221. The van der Waals surface area contributed by atoms with Crippen LogP contribution in [0.4, 0.5) is 0 Å². The summed E-state index contributed by atoms with van der Waals surface area (Å²) in [6.45, 7) is 2.97. The Morgan fingerprint density at radius 2 is 2.31 bits per heavy atom. The molecular weight excluding hydrogens is 222 g/mol. The second-order valence-electron chi connectivity index (χ2n) is 5.22. The van der Waals surface area contributed by atoms with Crippen LogP contribution < -0.4 is 5.32 Å². The third-order valence-electron chi connectivity index (χ3n) is 3.75. The minimum Gasteiger partial charge on any atom is -0.392 e. The van der Waals surface area contributed by atoms with Crippen molar-refractivity contribution in [1.29, 1.82) is 0 Å². The average Bonchev–Trinajstić information content (AvgIpc) is 2.85. The molecule has 3 atom stereocenters. The number of carbonyl (C=O) groups is 1. The number of rotatable bonds is 3. The van der Waals surface area contributed by atoms with Crippen LogP contribution in [0.15, 0.2) is 0 Å². The molecule has 0 aromatic heterocycles. The molecule has 0 spiro atoms. The van der Waals surface area contributed by atoms with Crippen LogP contribution in [0.25, 0.3) is 0 Å². The number of hydrogen-bond donors (Lipinski definition) is 2. The fourth-order valence-electron chi connectivity index (χ4n) is 2.63. The Morgan fingerprint density at radius 1 is 1.50 bits per heavy atom. The molecule has 1 amide bonds. The topological polar surface area (TPSA) is 49.3 Å². The van der Waals surface area contributed by atoms with Crippen molar-refractivity contribution in [2.45, 2.75) is 49.9 Å². The maximum absolute atomic E-state index is 11.9. The molecule has 3 nitrogen and oxygen atoms in total. The quantitative estimate of drug-likeness (QED) is 0.790. The lowest BCUT2D eigenvalue weighted by molar-refractivity contribution is -0.127. The van der Waals surface area contributed by atoms with E-state index in [4.69, 9.17) is 0 Å². The van der Waals surface area contributed by atoms with Gasteiger partial charge in [0.25, 0.3) is 0 Å². The van der Waals surface area contributed by atoms with E-state index in [9.17, 15) is 9.90 Å². The first-order chi connectivity index (χ1) is 7.61. The van der Waals surface area contributed by atoms with Crippen molar-refractivity contribution >= 4 is 17.7 Å². The first-order valence-electron chi connectivity index (χ1n) is 6.20. The lowest BCUT2D eigenvalue weighted by Crippen LogP contribution is -2.41. The lowest BCUT2D eigenvalue weighted by atomic mass is 10.0. The standard InChI is InChI=1S/C12H21NO2S/c1-12(6-3-7-16-12)8-13-11(15)9-4-2-5-10(9)14/h9-10,14H,2-8H2,1H3,(H,13,15). The van der Waals surface area contributed by atoms with E-state index in [0.29, 0.717) is 0 Å². The highest BCUT2D eigenvalue weighted by Crippen LogP contribution is 2.37. The Morgan fingerprint density at radius 3 is 2.88 bits per heavy atom. The van der Waals surface area contributed by atoms with E-state index in [1.165, 1.54) is 18.6 Å². The number of amides is 1. The van der Waals surface area contributed by atoms with Crippen molar-refractivity contribution in [1.82, 2.24) is 5.32 Å². The highest BCUT2D eigenvalue weighted by Gasteiger charge is 2.34. The first-order valence-corrected chi connectivity index (χ1v) is 7.19. The molecular formula is C12H21NO2S. The van der Waals surface area contributed by atoms with Gasteiger partial charge in [-0.05, 0) is 44.8 Å². The SMILES string of the molecule is CC1(CNC(=O)C2CCCC2O)CCCS1. The highest BCUT2D eigenvalue weighted by atomic mass is 32.2. The average molecular weight is 243 g/mol. The molecule has 1 saturated heterocycles. The van der Waals surface area contributed by atoms with E-state index >= 15 is 0 Å². The maximum atomic E-state index is 11.9. The highest BCUT2D eigenvalue weighted by molar-refractivity contribution is 8.00. The van der Waals surface area contributed by atoms with Crippen LogP contribution in [-0.4, -0.2) is 34.2 Å². The number of thioether (sulfide) groups is 1. The van der Waals surface area contributed by atoms with Gasteiger partial charge in [0.1, 0.15) is 0 Å². The van der Waals surface area contributed by atoms with Crippen LogP contribution in [0, 0.1) is 5.92 Å². The molecule has 2 aliphatic rings. The second kappa shape index (κ2) is 4.96. The Hall–Kier alpha value is -0.220.